The molecule has 0 saturated heterocycles. The summed E-state index contributed by atoms with van der Waals surface area (Å²) in [5, 5.41) is 2.89. The van der Waals surface area contributed by atoms with Gasteiger partial charge in [0, 0.05) is 12.6 Å². The second kappa shape index (κ2) is 7.31. The van der Waals surface area contributed by atoms with Crippen molar-refractivity contribution in [3.8, 4) is 0 Å². The molecule has 0 amide bonds. The second-order valence-electron chi connectivity index (χ2n) is 5.79. The Balaban J connectivity index is 2.95. The number of rotatable bonds is 6. The summed E-state index contributed by atoms with van der Waals surface area (Å²) >= 11 is 5.69. The minimum absolute atomic E-state index is 0.00653. The Morgan fingerprint density at radius 3 is 2.38 bits per heavy atom. The first-order valence-corrected chi connectivity index (χ1v) is 7.11. The van der Waals surface area contributed by atoms with Gasteiger partial charge in [0.25, 0.3) is 0 Å². The van der Waals surface area contributed by atoms with Crippen LogP contribution in [-0.4, -0.2) is 36.6 Å². The van der Waals surface area contributed by atoms with E-state index in [2.05, 4.69) is 24.1 Å². The van der Waals surface area contributed by atoms with Crippen molar-refractivity contribution in [3.05, 3.63) is 22.8 Å². The topological polar surface area (TPSA) is 28.2 Å². The number of hydrogen-bond donors (Lipinski definition) is 1. The van der Waals surface area contributed by atoms with Crippen molar-refractivity contribution in [1.82, 2.24) is 9.88 Å². The number of likely N-dealkylation sites (N-methyl/N-ethyl adjacent to an activating group) is 1. The molecule has 1 rings (SSSR count). The van der Waals surface area contributed by atoms with Crippen LogP contribution < -0.4 is 5.32 Å². The van der Waals surface area contributed by atoms with Gasteiger partial charge in [-0.3, -0.25) is 0 Å². The van der Waals surface area contributed by atoms with E-state index in [1.165, 1.54) is 0 Å². The van der Waals surface area contributed by atoms with E-state index in [1.807, 2.05) is 19.0 Å². The van der Waals surface area contributed by atoms with Crippen LogP contribution in [0.3, 0.4) is 0 Å². The minimum Gasteiger partial charge on any atom is -0.366 e. The zero-order chi connectivity index (χ0) is 16.2. The molecule has 1 aromatic rings. The molecule has 0 aliphatic heterocycles. The van der Waals surface area contributed by atoms with E-state index in [4.69, 9.17) is 11.6 Å². The number of hydrogen-bond acceptors (Lipinski definition) is 3. The number of nitrogens with zero attached hydrogens (tertiary/aromatic N) is 2. The first kappa shape index (κ1) is 18.0. The molecule has 0 aliphatic rings. The van der Waals surface area contributed by atoms with Gasteiger partial charge in [-0.1, -0.05) is 25.4 Å². The summed E-state index contributed by atoms with van der Waals surface area (Å²) in [6.45, 7) is 4.83. The van der Waals surface area contributed by atoms with Gasteiger partial charge in [0.05, 0.1) is 5.56 Å². The fourth-order valence-electron chi connectivity index (χ4n) is 2.13. The maximum Gasteiger partial charge on any atom is 0.416 e. The highest BCUT2D eigenvalue weighted by Crippen LogP contribution is 2.32. The quantitative estimate of drug-likeness (QED) is 0.797. The van der Waals surface area contributed by atoms with Crippen molar-refractivity contribution in [1.29, 1.82) is 0 Å². The Morgan fingerprint density at radius 1 is 1.29 bits per heavy atom. The lowest BCUT2D eigenvalue weighted by Crippen LogP contribution is -2.33. The summed E-state index contributed by atoms with van der Waals surface area (Å²) in [5.41, 5.74) is -0.793. The smallest absolute Gasteiger partial charge is 0.366 e. The molecule has 0 aliphatic carbocycles. The lowest BCUT2D eigenvalue weighted by molar-refractivity contribution is -0.137. The Kier molecular flexibility index (Phi) is 6.28. The maximum atomic E-state index is 12.8. The Morgan fingerprint density at radius 2 is 1.90 bits per heavy atom. The summed E-state index contributed by atoms with van der Waals surface area (Å²) in [5.74, 6) is 0.575. The van der Waals surface area contributed by atoms with Crippen molar-refractivity contribution < 1.29 is 13.2 Å². The third-order valence-electron chi connectivity index (χ3n) is 2.81. The molecule has 0 saturated carbocycles. The van der Waals surface area contributed by atoms with Crippen molar-refractivity contribution in [2.75, 3.05) is 26.0 Å². The minimum atomic E-state index is -4.43. The third kappa shape index (κ3) is 6.52. The van der Waals surface area contributed by atoms with Crippen LogP contribution in [0.2, 0.25) is 5.15 Å². The van der Waals surface area contributed by atoms with Crippen LogP contribution in [0.1, 0.15) is 25.8 Å². The zero-order valence-electron chi connectivity index (χ0n) is 12.6. The summed E-state index contributed by atoms with van der Waals surface area (Å²) in [7, 11) is 3.84. The highest BCUT2D eigenvalue weighted by molar-refractivity contribution is 6.29. The third-order valence-corrected chi connectivity index (χ3v) is 3.01. The largest absolute Gasteiger partial charge is 0.416 e. The molecule has 0 spiro atoms. The molecule has 0 radical (unpaired) electrons. The Bertz CT molecular complexity index is 451. The number of nitrogens with one attached hydrogen (secondary N) is 1. The van der Waals surface area contributed by atoms with Crippen LogP contribution >= 0.6 is 11.6 Å². The number of halogens is 4. The average molecular weight is 324 g/mol. The molecule has 1 atom stereocenters. The summed E-state index contributed by atoms with van der Waals surface area (Å²) in [4.78, 5) is 5.92. The maximum absolute atomic E-state index is 12.8. The van der Waals surface area contributed by atoms with Crippen molar-refractivity contribution in [2.24, 2.45) is 5.92 Å². The van der Waals surface area contributed by atoms with Gasteiger partial charge in [-0.05, 0) is 38.6 Å². The van der Waals surface area contributed by atoms with Crippen molar-refractivity contribution >= 4 is 17.4 Å². The zero-order valence-corrected chi connectivity index (χ0v) is 13.4. The number of alkyl halides is 3. The van der Waals surface area contributed by atoms with Crippen LogP contribution in [0.5, 0.6) is 0 Å². The molecule has 0 fully saturated rings. The van der Waals surface area contributed by atoms with Gasteiger partial charge >= 0.3 is 6.18 Å². The molecule has 1 aromatic heterocycles. The van der Waals surface area contributed by atoms with E-state index < -0.39 is 11.7 Å². The van der Waals surface area contributed by atoms with E-state index in [1.54, 1.807) is 0 Å². The highest BCUT2D eigenvalue weighted by atomic mass is 35.5. The van der Waals surface area contributed by atoms with E-state index in [0.717, 1.165) is 18.6 Å². The van der Waals surface area contributed by atoms with Crippen molar-refractivity contribution in [2.45, 2.75) is 32.5 Å². The molecular formula is C14H21ClF3N3. The standard InChI is InChI=1S/C14H21ClF3N3/c1-9(2)5-11(8-21(3)4)19-13-7-10(14(16,17)18)6-12(15)20-13/h6-7,9,11H,5,8H2,1-4H3,(H,19,20). The van der Waals surface area contributed by atoms with Crippen LogP contribution in [0.25, 0.3) is 0 Å². The predicted molar refractivity (Wildman–Crippen MR) is 79.7 cm³/mol. The van der Waals surface area contributed by atoms with Crippen LogP contribution in [0, 0.1) is 5.92 Å². The average Bonchev–Trinajstić information content (AvgIpc) is 2.24. The second-order valence-corrected chi connectivity index (χ2v) is 6.18. The lowest BCUT2D eigenvalue weighted by Gasteiger charge is -2.24. The van der Waals surface area contributed by atoms with Gasteiger partial charge in [-0.15, -0.1) is 0 Å². The van der Waals surface area contributed by atoms with Gasteiger partial charge in [-0.2, -0.15) is 13.2 Å². The molecular weight excluding hydrogens is 303 g/mol. The van der Waals surface area contributed by atoms with E-state index in [9.17, 15) is 13.2 Å². The fourth-order valence-corrected chi connectivity index (χ4v) is 2.34. The molecule has 1 N–H and O–H groups in total. The van der Waals surface area contributed by atoms with E-state index in [-0.39, 0.29) is 17.0 Å². The monoisotopic (exact) mass is 323 g/mol. The van der Waals surface area contributed by atoms with Gasteiger partial charge in [0.2, 0.25) is 0 Å². The summed E-state index contributed by atoms with van der Waals surface area (Å²) in [6.07, 6.45) is -3.61. The number of pyridine rings is 1. The molecule has 1 unspecified atom stereocenters. The Labute approximate surface area is 128 Å². The van der Waals surface area contributed by atoms with Crippen LogP contribution in [0.15, 0.2) is 12.1 Å². The first-order chi connectivity index (χ1) is 9.57. The van der Waals surface area contributed by atoms with Gasteiger partial charge < -0.3 is 10.2 Å². The van der Waals surface area contributed by atoms with Gasteiger partial charge in [0.15, 0.2) is 0 Å². The van der Waals surface area contributed by atoms with Crippen LogP contribution in [-0.2, 0) is 6.18 Å². The predicted octanol–water partition coefficient (Wildman–Crippen LogP) is 4.14. The van der Waals surface area contributed by atoms with E-state index in [0.29, 0.717) is 12.5 Å². The van der Waals surface area contributed by atoms with E-state index >= 15 is 0 Å². The highest BCUT2D eigenvalue weighted by Gasteiger charge is 2.31. The fraction of sp³-hybridized carbons (Fsp3) is 0.643. The summed E-state index contributed by atoms with van der Waals surface area (Å²) in [6, 6.07) is 1.83. The first-order valence-electron chi connectivity index (χ1n) is 6.74. The number of aromatic nitrogens is 1. The molecule has 7 heteroatoms. The lowest BCUT2D eigenvalue weighted by atomic mass is 10.0. The molecule has 3 nitrogen and oxygen atoms in total. The molecule has 21 heavy (non-hydrogen) atoms. The van der Waals surface area contributed by atoms with Gasteiger partial charge in [0.1, 0.15) is 11.0 Å². The molecule has 0 aromatic carbocycles. The normalized spacial score (nSPS) is 13.8. The number of anilines is 1. The molecule has 0 bridgehead atoms. The Hall–Kier alpha value is -1.01. The molecule has 120 valence electrons. The summed E-state index contributed by atoms with van der Waals surface area (Å²) < 4.78 is 38.3. The van der Waals surface area contributed by atoms with Crippen LogP contribution in [0.4, 0.5) is 19.0 Å². The van der Waals surface area contributed by atoms with Crippen molar-refractivity contribution in [3.63, 3.8) is 0 Å². The SMILES string of the molecule is CC(C)CC(CN(C)C)Nc1cc(C(F)(F)F)cc(Cl)n1. The van der Waals surface area contributed by atoms with Gasteiger partial charge in [-0.25, -0.2) is 4.98 Å². The molecule has 1 heterocycles.